The van der Waals surface area contributed by atoms with Crippen LogP contribution in [0.1, 0.15) is 31.7 Å². The summed E-state index contributed by atoms with van der Waals surface area (Å²) < 4.78 is 6.97. The van der Waals surface area contributed by atoms with E-state index in [9.17, 15) is 4.79 Å². The molecule has 0 amide bonds. The predicted octanol–water partition coefficient (Wildman–Crippen LogP) is 1.68. The van der Waals surface area contributed by atoms with E-state index in [0.29, 0.717) is 11.8 Å². The molecule has 0 spiro atoms. The molecule has 3 atom stereocenters. The van der Waals surface area contributed by atoms with Gasteiger partial charge < -0.3 is 4.74 Å². The second-order valence-corrected chi connectivity index (χ2v) is 5.96. The quantitative estimate of drug-likeness (QED) is 0.786. The number of esters is 1. The zero-order valence-corrected chi connectivity index (χ0v) is 12.3. The summed E-state index contributed by atoms with van der Waals surface area (Å²) in [5.74, 6) is 1.09. The molecule has 0 N–H and O–H groups in total. The van der Waals surface area contributed by atoms with Crippen molar-refractivity contribution in [2.75, 3.05) is 13.7 Å². The fourth-order valence-electron chi connectivity index (χ4n) is 3.90. The molecule has 1 aliphatic carbocycles. The number of hydrogen-bond acceptors (Lipinski definition) is 4. The van der Waals surface area contributed by atoms with Crippen LogP contribution in [0, 0.1) is 11.8 Å². The van der Waals surface area contributed by atoms with Gasteiger partial charge in [0.15, 0.2) is 0 Å². The van der Waals surface area contributed by atoms with E-state index in [2.05, 4.69) is 23.1 Å². The lowest BCUT2D eigenvalue weighted by atomic mass is 9.94. The maximum Gasteiger partial charge on any atom is 0.323 e. The Hall–Kier alpha value is -1.36. The van der Waals surface area contributed by atoms with Crippen LogP contribution in [-0.2, 0) is 22.6 Å². The zero-order valence-electron chi connectivity index (χ0n) is 12.3. The number of likely N-dealkylation sites (tertiary alicyclic amines) is 1. The first-order valence-corrected chi connectivity index (χ1v) is 7.56. The van der Waals surface area contributed by atoms with Gasteiger partial charge in [-0.05, 0) is 31.6 Å². The van der Waals surface area contributed by atoms with Gasteiger partial charge in [0.05, 0.1) is 13.3 Å². The van der Waals surface area contributed by atoms with Crippen LogP contribution in [-0.4, -0.2) is 40.3 Å². The lowest BCUT2D eigenvalue weighted by molar-refractivity contribution is -0.147. The molecule has 1 aliphatic heterocycles. The molecule has 20 heavy (non-hydrogen) atoms. The smallest absolute Gasteiger partial charge is 0.323 e. The van der Waals surface area contributed by atoms with Crippen LogP contribution in [0.25, 0.3) is 0 Å². The molecule has 110 valence electrons. The first-order valence-electron chi connectivity index (χ1n) is 7.56. The Kier molecular flexibility index (Phi) is 3.78. The van der Waals surface area contributed by atoms with E-state index in [0.717, 1.165) is 26.1 Å². The minimum Gasteiger partial charge on any atom is -0.468 e. The number of ether oxygens (including phenoxy) is 1. The average molecular weight is 277 g/mol. The van der Waals surface area contributed by atoms with Gasteiger partial charge in [-0.25, -0.2) is 0 Å². The lowest BCUT2D eigenvalue weighted by Crippen LogP contribution is -2.39. The molecule has 2 aliphatic rings. The molecule has 5 heteroatoms. The number of hydrogen-bond donors (Lipinski definition) is 0. The van der Waals surface area contributed by atoms with Crippen molar-refractivity contribution in [2.45, 2.75) is 45.3 Å². The first kappa shape index (κ1) is 13.6. The standard InChI is InChI=1S/C15H23N3O2/c1-3-18-9-11(7-16-18)8-17-10-12-5-4-6-13(12)14(17)15(19)20-2/h7,9,12-14H,3-6,8,10H2,1-2H3/t12-,13-,14+/m0/s1. The highest BCUT2D eigenvalue weighted by Gasteiger charge is 2.47. The van der Waals surface area contributed by atoms with Crippen LogP contribution in [0.3, 0.4) is 0 Å². The van der Waals surface area contributed by atoms with Crippen LogP contribution >= 0.6 is 0 Å². The number of fused-ring (bicyclic) bond motifs is 1. The summed E-state index contributed by atoms with van der Waals surface area (Å²) in [6.45, 7) is 4.77. The van der Waals surface area contributed by atoms with Gasteiger partial charge >= 0.3 is 5.97 Å². The van der Waals surface area contributed by atoms with Gasteiger partial charge in [0.1, 0.15) is 6.04 Å². The topological polar surface area (TPSA) is 47.4 Å². The fraction of sp³-hybridized carbons (Fsp3) is 0.733. The van der Waals surface area contributed by atoms with E-state index in [1.54, 1.807) is 0 Å². The number of aryl methyl sites for hydroxylation is 1. The summed E-state index contributed by atoms with van der Waals surface area (Å²) >= 11 is 0. The molecule has 3 rings (SSSR count). The van der Waals surface area contributed by atoms with E-state index in [-0.39, 0.29) is 12.0 Å². The number of carbonyl (C=O) groups is 1. The van der Waals surface area contributed by atoms with Gasteiger partial charge in [-0.2, -0.15) is 5.10 Å². The van der Waals surface area contributed by atoms with Crippen molar-refractivity contribution in [1.29, 1.82) is 0 Å². The minimum atomic E-state index is -0.0673. The molecule has 5 nitrogen and oxygen atoms in total. The SMILES string of the molecule is CCn1cc(CN2C[C@@H]3CCC[C@@H]3[C@@H]2C(=O)OC)cn1. The Morgan fingerprint density at radius 1 is 1.50 bits per heavy atom. The van der Waals surface area contributed by atoms with Crippen LogP contribution in [0.5, 0.6) is 0 Å². The summed E-state index contributed by atoms with van der Waals surface area (Å²) in [5, 5.41) is 4.31. The van der Waals surface area contributed by atoms with E-state index < -0.39 is 0 Å². The molecule has 1 saturated carbocycles. The predicted molar refractivity (Wildman–Crippen MR) is 74.9 cm³/mol. The largest absolute Gasteiger partial charge is 0.468 e. The number of rotatable bonds is 4. The summed E-state index contributed by atoms with van der Waals surface area (Å²) in [5.41, 5.74) is 1.18. The van der Waals surface area contributed by atoms with E-state index >= 15 is 0 Å². The van der Waals surface area contributed by atoms with Gasteiger partial charge in [0, 0.05) is 31.4 Å². The van der Waals surface area contributed by atoms with Crippen molar-refractivity contribution in [3.05, 3.63) is 18.0 Å². The van der Waals surface area contributed by atoms with Gasteiger partial charge in [0.25, 0.3) is 0 Å². The van der Waals surface area contributed by atoms with E-state index in [1.165, 1.54) is 25.5 Å². The molecule has 1 aromatic heterocycles. The van der Waals surface area contributed by atoms with Crippen molar-refractivity contribution in [1.82, 2.24) is 14.7 Å². The van der Waals surface area contributed by atoms with E-state index in [4.69, 9.17) is 4.74 Å². The monoisotopic (exact) mass is 277 g/mol. The summed E-state index contributed by atoms with van der Waals surface area (Å²) in [4.78, 5) is 14.4. The molecule has 0 radical (unpaired) electrons. The highest BCUT2D eigenvalue weighted by atomic mass is 16.5. The van der Waals surface area contributed by atoms with Crippen LogP contribution < -0.4 is 0 Å². The minimum absolute atomic E-state index is 0.0579. The van der Waals surface area contributed by atoms with Crippen molar-refractivity contribution in [2.24, 2.45) is 11.8 Å². The number of carbonyl (C=O) groups excluding carboxylic acids is 1. The van der Waals surface area contributed by atoms with E-state index in [1.807, 2.05) is 10.9 Å². The molecule has 2 fully saturated rings. The highest BCUT2D eigenvalue weighted by Crippen LogP contribution is 2.43. The lowest BCUT2D eigenvalue weighted by Gasteiger charge is -2.24. The molecule has 0 unspecified atom stereocenters. The first-order chi connectivity index (χ1) is 9.72. The second-order valence-electron chi connectivity index (χ2n) is 5.96. The van der Waals surface area contributed by atoms with Gasteiger partial charge in [-0.1, -0.05) is 6.42 Å². The summed E-state index contributed by atoms with van der Waals surface area (Å²) in [6, 6.07) is -0.0579. The van der Waals surface area contributed by atoms with Crippen molar-refractivity contribution >= 4 is 5.97 Å². The zero-order chi connectivity index (χ0) is 14.1. The highest BCUT2D eigenvalue weighted by molar-refractivity contribution is 5.76. The fourth-order valence-corrected chi connectivity index (χ4v) is 3.90. The maximum absolute atomic E-state index is 12.1. The molecule has 2 heterocycles. The van der Waals surface area contributed by atoms with Gasteiger partial charge in [-0.3, -0.25) is 14.4 Å². The Morgan fingerprint density at radius 3 is 3.05 bits per heavy atom. The number of methoxy groups -OCH3 is 1. The van der Waals surface area contributed by atoms with Crippen molar-refractivity contribution in [3.8, 4) is 0 Å². The average Bonchev–Trinajstić information content (AvgIpc) is 3.13. The number of aromatic nitrogens is 2. The molecule has 1 aromatic rings. The number of nitrogens with zero attached hydrogens (tertiary/aromatic N) is 3. The normalized spacial score (nSPS) is 29.6. The van der Waals surface area contributed by atoms with Gasteiger partial charge in [0.2, 0.25) is 0 Å². The summed E-state index contributed by atoms with van der Waals surface area (Å²) in [6.07, 6.45) is 7.65. The third-order valence-electron chi connectivity index (χ3n) is 4.82. The third-order valence-corrected chi connectivity index (χ3v) is 4.82. The Bertz CT molecular complexity index is 485. The Labute approximate surface area is 119 Å². The Balaban J connectivity index is 1.75. The molecule has 0 bridgehead atoms. The van der Waals surface area contributed by atoms with Gasteiger partial charge in [-0.15, -0.1) is 0 Å². The van der Waals surface area contributed by atoms with Crippen LogP contribution in [0.2, 0.25) is 0 Å². The second kappa shape index (κ2) is 5.56. The van der Waals surface area contributed by atoms with Crippen molar-refractivity contribution in [3.63, 3.8) is 0 Å². The molecular weight excluding hydrogens is 254 g/mol. The Morgan fingerprint density at radius 2 is 2.35 bits per heavy atom. The van der Waals surface area contributed by atoms with Crippen molar-refractivity contribution < 1.29 is 9.53 Å². The molecule has 0 aromatic carbocycles. The molecular formula is C15H23N3O2. The van der Waals surface area contributed by atoms with Crippen LogP contribution in [0.15, 0.2) is 12.4 Å². The summed E-state index contributed by atoms with van der Waals surface area (Å²) in [7, 11) is 1.50. The maximum atomic E-state index is 12.1. The molecule has 1 saturated heterocycles. The van der Waals surface area contributed by atoms with Crippen LogP contribution in [0.4, 0.5) is 0 Å². The third kappa shape index (κ3) is 2.35.